The second-order valence-electron chi connectivity index (χ2n) is 6.83. The highest BCUT2D eigenvalue weighted by Gasteiger charge is 2.18. The fourth-order valence-corrected chi connectivity index (χ4v) is 3.93. The third-order valence-corrected chi connectivity index (χ3v) is 5.60. The number of nitrogens with zero attached hydrogens (tertiary/aromatic N) is 3. The average Bonchev–Trinajstić information content (AvgIpc) is 3.18. The number of hydrogen-bond donors (Lipinski definition) is 0. The van der Waals surface area contributed by atoms with Crippen molar-refractivity contribution in [1.82, 2.24) is 9.88 Å². The van der Waals surface area contributed by atoms with Gasteiger partial charge < -0.3 is 14.4 Å². The third-order valence-electron chi connectivity index (χ3n) is 4.61. The van der Waals surface area contributed by atoms with Gasteiger partial charge in [-0.25, -0.2) is 4.98 Å². The second kappa shape index (κ2) is 10.1. The van der Waals surface area contributed by atoms with Crippen molar-refractivity contribution < 1.29 is 14.3 Å². The summed E-state index contributed by atoms with van der Waals surface area (Å²) in [5.74, 6) is 1.08. The molecule has 2 heterocycles. The molecule has 1 amide bonds. The third kappa shape index (κ3) is 5.58. The number of carbonyl (C=O) groups excluding carboxylic acids is 1. The topological polar surface area (TPSA) is 75.5 Å². The molecule has 0 radical (unpaired) electrons. The lowest BCUT2D eigenvalue weighted by Gasteiger charge is -2.26. The molecule has 29 heavy (non-hydrogen) atoms. The van der Waals surface area contributed by atoms with Crippen molar-refractivity contribution in [1.29, 1.82) is 5.26 Å². The van der Waals surface area contributed by atoms with Gasteiger partial charge in [-0.1, -0.05) is 6.07 Å². The fourth-order valence-electron chi connectivity index (χ4n) is 3.16. The number of amides is 1. The molecule has 0 bridgehead atoms. The average molecular weight is 412 g/mol. The van der Waals surface area contributed by atoms with Gasteiger partial charge >= 0.3 is 0 Å². The van der Waals surface area contributed by atoms with Crippen molar-refractivity contribution in [3.05, 3.63) is 39.8 Å². The van der Waals surface area contributed by atoms with Crippen LogP contribution >= 0.6 is 11.3 Å². The number of aromatic nitrogens is 1. The summed E-state index contributed by atoms with van der Waals surface area (Å²) in [7, 11) is 0. The van der Waals surface area contributed by atoms with E-state index in [9.17, 15) is 10.1 Å². The van der Waals surface area contributed by atoms with Crippen LogP contribution in [0.15, 0.2) is 23.6 Å². The number of piperidine rings is 1. The molecular weight excluding hydrogens is 386 g/mol. The maximum atomic E-state index is 12.4. The maximum absolute atomic E-state index is 12.4. The van der Waals surface area contributed by atoms with E-state index in [0.29, 0.717) is 28.7 Å². The first-order valence-corrected chi connectivity index (χ1v) is 10.7. The molecule has 1 aliphatic rings. The van der Waals surface area contributed by atoms with Gasteiger partial charge in [-0.05, 0) is 56.9 Å². The van der Waals surface area contributed by atoms with E-state index in [1.807, 2.05) is 36.3 Å². The molecule has 1 aromatic carbocycles. The van der Waals surface area contributed by atoms with E-state index in [4.69, 9.17) is 9.47 Å². The molecule has 152 valence electrons. The number of ether oxygens (including phenoxy) is 2. The quantitative estimate of drug-likeness (QED) is 0.635. The summed E-state index contributed by atoms with van der Waals surface area (Å²) in [6.07, 6.45) is 5.07. The molecule has 6 nitrogen and oxygen atoms in total. The summed E-state index contributed by atoms with van der Waals surface area (Å²) >= 11 is 1.44. The SMILES string of the molecule is CCOc1cc(/C=C(\C#N)c2nc(C)cs2)ccc1OCC(=O)N1CCCCC1. The number of rotatable bonds is 7. The van der Waals surface area contributed by atoms with Crippen LogP contribution in [0.2, 0.25) is 0 Å². The van der Waals surface area contributed by atoms with E-state index in [2.05, 4.69) is 11.1 Å². The first kappa shape index (κ1) is 20.9. The molecule has 2 aromatic rings. The Morgan fingerprint density at radius 2 is 2.07 bits per heavy atom. The van der Waals surface area contributed by atoms with E-state index in [-0.39, 0.29) is 12.5 Å². The lowest BCUT2D eigenvalue weighted by Crippen LogP contribution is -2.38. The Labute approximate surface area is 175 Å². The monoisotopic (exact) mass is 411 g/mol. The minimum Gasteiger partial charge on any atom is -0.490 e. The molecule has 1 saturated heterocycles. The van der Waals surface area contributed by atoms with Crippen molar-refractivity contribution in [2.24, 2.45) is 0 Å². The van der Waals surface area contributed by atoms with Gasteiger partial charge in [0.15, 0.2) is 18.1 Å². The Morgan fingerprint density at radius 3 is 2.72 bits per heavy atom. The predicted octanol–water partition coefficient (Wildman–Crippen LogP) is 4.31. The molecule has 1 aliphatic heterocycles. The zero-order chi connectivity index (χ0) is 20.6. The van der Waals surface area contributed by atoms with Crippen molar-refractivity contribution in [2.45, 2.75) is 33.1 Å². The van der Waals surface area contributed by atoms with E-state index >= 15 is 0 Å². The lowest BCUT2D eigenvalue weighted by molar-refractivity contribution is -0.134. The predicted molar refractivity (Wildman–Crippen MR) is 114 cm³/mol. The molecule has 7 heteroatoms. The van der Waals surface area contributed by atoms with Crippen LogP contribution in [0.5, 0.6) is 11.5 Å². The Bertz CT molecular complexity index is 924. The summed E-state index contributed by atoms with van der Waals surface area (Å²) < 4.78 is 11.5. The number of carbonyl (C=O) groups is 1. The van der Waals surface area contributed by atoms with Crippen LogP contribution in [0.25, 0.3) is 11.6 Å². The molecule has 3 rings (SSSR count). The van der Waals surface area contributed by atoms with E-state index < -0.39 is 0 Å². The van der Waals surface area contributed by atoms with Crippen LogP contribution in [0.1, 0.15) is 42.5 Å². The number of nitriles is 1. The second-order valence-corrected chi connectivity index (χ2v) is 7.69. The van der Waals surface area contributed by atoms with Gasteiger partial charge in [-0.15, -0.1) is 11.3 Å². The van der Waals surface area contributed by atoms with Crippen LogP contribution in [-0.2, 0) is 4.79 Å². The molecule has 0 spiro atoms. The Hall–Kier alpha value is -2.85. The van der Waals surface area contributed by atoms with Gasteiger partial charge in [0.2, 0.25) is 0 Å². The number of allylic oxidation sites excluding steroid dienone is 1. The number of hydrogen-bond acceptors (Lipinski definition) is 6. The molecule has 0 saturated carbocycles. The van der Waals surface area contributed by atoms with E-state index in [1.165, 1.54) is 17.8 Å². The summed E-state index contributed by atoms with van der Waals surface area (Å²) in [4.78, 5) is 18.6. The highest BCUT2D eigenvalue weighted by Crippen LogP contribution is 2.31. The van der Waals surface area contributed by atoms with Crippen molar-refractivity contribution in [2.75, 3.05) is 26.3 Å². The van der Waals surface area contributed by atoms with Gasteiger partial charge in [0.05, 0.1) is 12.2 Å². The zero-order valence-corrected chi connectivity index (χ0v) is 17.6. The largest absolute Gasteiger partial charge is 0.490 e. The standard InChI is InChI=1S/C22H25N3O3S/c1-3-27-20-12-17(11-18(13-23)22-24-16(2)15-29-22)7-8-19(20)28-14-21(26)25-9-5-4-6-10-25/h7-8,11-12,15H,3-6,9-10,14H2,1-2H3/b18-11+. The van der Waals surface area contributed by atoms with Gasteiger partial charge in [0, 0.05) is 24.2 Å². The van der Waals surface area contributed by atoms with Crippen molar-refractivity contribution >= 4 is 28.9 Å². The van der Waals surface area contributed by atoms with Gasteiger partial charge in [0.1, 0.15) is 11.1 Å². The number of thiazole rings is 1. The molecular formula is C22H25N3O3S. The smallest absolute Gasteiger partial charge is 0.260 e. The molecule has 1 fully saturated rings. The minimum atomic E-state index is -0.00288. The van der Waals surface area contributed by atoms with Crippen molar-refractivity contribution in [3.8, 4) is 17.6 Å². The number of likely N-dealkylation sites (tertiary alicyclic amines) is 1. The first-order valence-electron chi connectivity index (χ1n) is 9.82. The molecule has 0 N–H and O–H groups in total. The Kier molecular flexibility index (Phi) is 7.25. The number of benzene rings is 1. The molecule has 1 aromatic heterocycles. The Morgan fingerprint density at radius 1 is 1.28 bits per heavy atom. The zero-order valence-electron chi connectivity index (χ0n) is 16.8. The summed E-state index contributed by atoms with van der Waals surface area (Å²) in [6.45, 7) is 5.87. The van der Waals surface area contributed by atoms with Crippen LogP contribution in [0.3, 0.4) is 0 Å². The summed E-state index contributed by atoms with van der Waals surface area (Å²) in [6, 6.07) is 7.66. The van der Waals surface area contributed by atoms with Crippen LogP contribution < -0.4 is 9.47 Å². The van der Waals surface area contributed by atoms with Crippen LogP contribution in [0.4, 0.5) is 0 Å². The van der Waals surface area contributed by atoms with Gasteiger partial charge in [-0.3, -0.25) is 4.79 Å². The van der Waals surface area contributed by atoms with E-state index in [0.717, 1.165) is 37.2 Å². The lowest BCUT2D eigenvalue weighted by atomic mass is 10.1. The summed E-state index contributed by atoms with van der Waals surface area (Å²) in [5.41, 5.74) is 2.20. The van der Waals surface area contributed by atoms with Gasteiger partial charge in [0.25, 0.3) is 5.91 Å². The molecule has 0 aliphatic carbocycles. The maximum Gasteiger partial charge on any atom is 0.260 e. The number of aryl methyl sites for hydroxylation is 1. The normalized spacial score (nSPS) is 14.4. The van der Waals surface area contributed by atoms with Crippen molar-refractivity contribution in [3.63, 3.8) is 0 Å². The molecule has 0 atom stereocenters. The summed E-state index contributed by atoms with van der Waals surface area (Å²) in [5, 5.41) is 12.1. The van der Waals surface area contributed by atoms with Crippen LogP contribution in [-0.4, -0.2) is 42.1 Å². The highest BCUT2D eigenvalue weighted by molar-refractivity contribution is 7.11. The fraction of sp³-hybridized carbons (Fsp3) is 0.409. The van der Waals surface area contributed by atoms with Gasteiger partial charge in [-0.2, -0.15) is 5.26 Å². The molecule has 0 unspecified atom stereocenters. The van der Waals surface area contributed by atoms with Crippen LogP contribution in [0, 0.1) is 18.3 Å². The van der Waals surface area contributed by atoms with E-state index in [1.54, 1.807) is 12.1 Å². The highest BCUT2D eigenvalue weighted by atomic mass is 32.1. The first-order chi connectivity index (χ1) is 14.1. The Balaban J connectivity index is 1.75. The minimum absolute atomic E-state index is 0.00188.